The normalized spacial score (nSPS) is 10.5. The summed E-state index contributed by atoms with van der Waals surface area (Å²) in [5.41, 5.74) is 1.30. The zero-order valence-corrected chi connectivity index (χ0v) is 16.3. The van der Waals surface area contributed by atoms with Gasteiger partial charge in [0.25, 0.3) is 11.6 Å². The van der Waals surface area contributed by atoms with Gasteiger partial charge in [-0.3, -0.25) is 14.9 Å². The Morgan fingerprint density at radius 1 is 0.933 bits per heavy atom. The van der Waals surface area contributed by atoms with Crippen molar-refractivity contribution in [3.05, 3.63) is 111 Å². The van der Waals surface area contributed by atoms with Crippen molar-refractivity contribution in [3.63, 3.8) is 0 Å². The third-order valence-electron chi connectivity index (χ3n) is 4.44. The Morgan fingerprint density at radius 2 is 1.47 bits per heavy atom. The van der Waals surface area contributed by atoms with Gasteiger partial charge in [-0.2, -0.15) is 0 Å². The molecule has 0 aliphatic heterocycles. The number of rotatable bonds is 7. The largest absolute Gasteiger partial charge is 0.462 e. The Morgan fingerprint density at radius 3 is 1.97 bits per heavy atom. The highest BCUT2D eigenvalue weighted by Crippen LogP contribution is 2.24. The molecule has 7 heteroatoms. The summed E-state index contributed by atoms with van der Waals surface area (Å²) < 4.78 is 4.92. The maximum absolute atomic E-state index is 13.0. The van der Waals surface area contributed by atoms with Crippen LogP contribution >= 0.6 is 0 Å². The quantitative estimate of drug-likeness (QED) is 0.360. The van der Waals surface area contributed by atoms with Crippen LogP contribution in [0.2, 0.25) is 0 Å². The average Bonchev–Trinajstić information content (AvgIpc) is 2.78. The summed E-state index contributed by atoms with van der Waals surface area (Å²) in [4.78, 5) is 35.8. The molecule has 0 bridgehead atoms. The van der Waals surface area contributed by atoms with Gasteiger partial charge in [0, 0.05) is 17.7 Å². The second-order valence-electron chi connectivity index (χ2n) is 6.47. The molecule has 1 amide bonds. The first-order chi connectivity index (χ1) is 14.5. The number of non-ortho nitro benzene ring substituents is 1. The number of amides is 1. The van der Waals surface area contributed by atoms with E-state index in [9.17, 15) is 19.7 Å². The molecule has 0 spiro atoms. The molecule has 152 valence electrons. The van der Waals surface area contributed by atoms with Crippen LogP contribution in [0.5, 0.6) is 0 Å². The Bertz CT molecular complexity index is 1010. The third-order valence-corrected chi connectivity index (χ3v) is 4.44. The molecular weight excluding hydrogens is 384 g/mol. The maximum atomic E-state index is 13.0. The number of hydrogen-bond acceptors (Lipinski definition) is 5. The van der Waals surface area contributed by atoms with E-state index in [1.165, 1.54) is 6.07 Å². The number of carbonyl (C=O) groups is 2. The smallest absolute Gasteiger partial charge is 0.338 e. The van der Waals surface area contributed by atoms with Crippen LogP contribution in [0.4, 0.5) is 5.69 Å². The zero-order chi connectivity index (χ0) is 21.5. The molecule has 0 fully saturated rings. The lowest BCUT2D eigenvalue weighted by Gasteiger charge is -2.20. The maximum Gasteiger partial charge on any atom is 0.338 e. The van der Waals surface area contributed by atoms with Gasteiger partial charge in [-0.1, -0.05) is 60.7 Å². The van der Waals surface area contributed by atoms with Crippen molar-refractivity contribution in [1.82, 2.24) is 5.32 Å². The van der Waals surface area contributed by atoms with Crippen molar-refractivity contribution >= 4 is 17.6 Å². The minimum absolute atomic E-state index is 0.00381. The minimum atomic E-state index is -0.724. The Labute approximate surface area is 173 Å². The molecule has 30 heavy (non-hydrogen) atoms. The number of nitrogens with one attached hydrogen (secondary N) is 1. The van der Waals surface area contributed by atoms with Crippen molar-refractivity contribution in [2.45, 2.75) is 13.0 Å². The fraction of sp³-hybridized carbons (Fsp3) is 0.130. The molecule has 0 aliphatic carbocycles. The number of ether oxygens (including phenoxy) is 1. The van der Waals surface area contributed by atoms with Crippen LogP contribution in [0, 0.1) is 10.1 Å². The average molecular weight is 404 g/mol. The highest BCUT2D eigenvalue weighted by molar-refractivity contribution is 5.99. The van der Waals surface area contributed by atoms with E-state index in [-0.39, 0.29) is 23.4 Å². The minimum Gasteiger partial charge on any atom is -0.462 e. The number of esters is 1. The van der Waals surface area contributed by atoms with E-state index in [2.05, 4.69) is 5.32 Å². The van der Waals surface area contributed by atoms with Gasteiger partial charge in [0.15, 0.2) is 0 Å². The second-order valence-corrected chi connectivity index (χ2v) is 6.47. The summed E-state index contributed by atoms with van der Waals surface area (Å²) in [6, 6.07) is 21.8. The fourth-order valence-corrected chi connectivity index (χ4v) is 3.04. The van der Waals surface area contributed by atoms with Gasteiger partial charge < -0.3 is 10.1 Å². The van der Waals surface area contributed by atoms with Gasteiger partial charge in [0.05, 0.1) is 23.1 Å². The molecule has 0 unspecified atom stereocenters. The predicted octanol–water partition coefficient (Wildman–Crippen LogP) is 4.29. The van der Waals surface area contributed by atoms with E-state index in [1.807, 2.05) is 60.7 Å². The summed E-state index contributed by atoms with van der Waals surface area (Å²) in [5, 5.41) is 14.2. The summed E-state index contributed by atoms with van der Waals surface area (Å²) in [5.74, 6) is -1.26. The first kappa shape index (κ1) is 20.7. The lowest BCUT2D eigenvalue weighted by Crippen LogP contribution is -2.29. The van der Waals surface area contributed by atoms with Crippen LogP contribution in [0.15, 0.2) is 78.9 Å². The standard InChI is InChI=1S/C23H20N2O5/c1-2-30-23(27)19-13-18(14-20(15-19)25(28)29)22(26)24-21(16-9-5-3-6-10-16)17-11-7-4-8-12-17/h3-15,21H,2H2,1H3,(H,24,26). The van der Waals surface area contributed by atoms with Crippen molar-refractivity contribution in [2.75, 3.05) is 6.61 Å². The number of nitrogens with zero attached hydrogens (tertiary/aromatic N) is 1. The van der Waals surface area contributed by atoms with E-state index in [1.54, 1.807) is 6.92 Å². The van der Waals surface area contributed by atoms with Crippen LogP contribution in [-0.2, 0) is 4.74 Å². The highest BCUT2D eigenvalue weighted by atomic mass is 16.6. The Balaban J connectivity index is 1.98. The summed E-state index contributed by atoms with van der Waals surface area (Å²) in [6.45, 7) is 1.75. The van der Waals surface area contributed by atoms with Gasteiger partial charge in [0.1, 0.15) is 0 Å². The van der Waals surface area contributed by atoms with Gasteiger partial charge >= 0.3 is 5.97 Å². The van der Waals surface area contributed by atoms with Gasteiger partial charge in [-0.25, -0.2) is 4.79 Å². The predicted molar refractivity (Wildman–Crippen MR) is 111 cm³/mol. The van der Waals surface area contributed by atoms with Gasteiger partial charge in [-0.15, -0.1) is 0 Å². The first-order valence-corrected chi connectivity index (χ1v) is 9.37. The first-order valence-electron chi connectivity index (χ1n) is 9.37. The number of benzene rings is 3. The Hall–Kier alpha value is -4.00. The van der Waals surface area contributed by atoms with E-state index in [0.29, 0.717) is 0 Å². The SMILES string of the molecule is CCOC(=O)c1cc(C(=O)NC(c2ccccc2)c2ccccc2)cc([N+](=O)[O-])c1. The number of nitro groups is 1. The van der Waals surface area contributed by atoms with Gasteiger partial charge in [-0.05, 0) is 24.1 Å². The molecule has 1 N–H and O–H groups in total. The molecule has 3 aromatic carbocycles. The van der Waals surface area contributed by atoms with E-state index >= 15 is 0 Å². The number of carbonyl (C=O) groups excluding carboxylic acids is 2. The highest BCUT2D eigenvalue weighted by Gasteiger charge is 2.22. The lowest BCUT2D eigenvalue weighted by molar-refractivity contribution is -0.384. The monoisotopic (exact) mass is 404 g/mol. The van der Waals surface area contributed by atoms with Crippen LogP contribution < -0.4 is 5.32 Å². The molecule has 0 saturated heterocycles. The van der Waals surface area contributed by atoms with Crippen LogP contribution in [0.25, 0.3) is 0 Å². The molecule has 0 radical (unpaired) electrons. The lowest BCUT2D eigenvalue weighted by atomic mass is 9.98. The van der Waals surface area contributed by atoms with Crippen molar-refractivity contribution in [1.29, 1.82) is 0 Å². The molecule has 0 atom stereocenters. The third kappa shape index (κ3) is 4.88. The van der Waals surface area contributed by atoms with E-state index in [0.717, 1.165) is 23.3 Å². The molecule has 3 aromatic rings. The Kier molecular flexibility index (Phi) is 6.54. The second kappa shape index (κ2) is 9.47. The topological polar surface area (TPSA) is 98.5 Å². The molecule has 0 aromatic heterocycles. The molecule has 3 rings (SSSR count). The molecule has 7 nitrogen and oxygen atoms in total. The molecule has 0 aliphatic rings. The number of hydrogen-bond donors (Lipinski definition) is 1. The fourth-order valence-electron chi connectivity index (χ4n) is 3.04. The zero-order valence-electron chi connectivity index (χ0n) is 16.3. The van der Waals surface area contributed by atoms with Gasteiger partial charge in [0.2, 0.25) is 0 Å². The van der Waals surface area contributed by atoms with E-state index in [4.69, 9.17) is 4.74 Å². The summed E-state index contributed by atoms with van der Waals surface area (Å²) in [7, 11) is 0. The van der Waals surface area contributed by atoms with Crippen LogP contribution in [0.3, 0.4) is 0 Å². The molecular formula is C23H20N2O5. The summed E-state index contributed by atoms with van der Waals surface area (Å²) >= 11 is 0. The van der Waals surface area contributed by atoms with Crippen LogP contribution in [0.1, 0.15) is 44.8 Å². The molecule has 0 saturated carbocycles. The van der Waals surface area contributed by atoms with Crippen molar-refractivity contribution in [2.24, 2.45) is 0 Å². The molecule has 0 heterocycles. The number of nitro benzene ring substituents is 1. The van der Waals surface area contributed by atoms with Crippen LogP contribution in [-0.4, -0.2) is 23.4 Å². The van der Waals surface area contributed by atoms with Crippen molar-refractivity contribution in [3.8, 4) is 0 Å². The van der Waals surface area contributed by atoms with E-state index < -0.39 is 22.8 Å². The van der Waals surface area contributed by atoms with Crippen molar-refractivity contribution < 1.29 is 19.2 Å². The summed E-state index contributed by atoms with van der Waals surface area (Å²) in [6.07, 6.45) is 0.